The fourth-order valence-electron chi connectivity index (χ4n) is 5.59. The van der Waals surface area contributed by atoms with Gasteiger partial charge in [0, 0.05) is 30.7 Å². The number of ketones is 1. The van der Waals surface area contributed by atoms with Gasteiger partial charge in [-0.15, -0.1) is 11.3 Å². The highest BCUT2D eigenvalue weighted by atomic mass is 32.1. The van der Waals surface area contributed by atoms with Crippen LogP contribution in [0.25, 0.3) is 6.08 Å². The number of nitrogens with zero attached hydrogens (tertiary/aromatic N) is 1. The maximum absolute atomic E-state index is 15.4. The number of aryl methyl sites for hydroxylation is 1. The number of hydrogen-bond donors (Lipinski definition) is 2. The Morgan fingerprint density at radius 3 is 2.62 bits per heavy atom. The molecule has 1 aromatic rings. The van der Waals surface area contributed by atoms with Crippen molar-refractivity contribution >= 4 is 29.2 Å². The molecule has 1 spiro atoms. The van der Waals surface area contributed by atoms with E-state index in [1.165, 1.54) is 17.4 Å². The van der Waals surface area contributed by atoms with Gasteiger partial charge in [0.15, 0.2) is 6.10 Å². The van der Waals surface area contributed by atoms with Gasteiger partial charge in [-0.1, -0.05) is 13.3 Å². The molecule has 0 radical (unpaired) electrons. The number of thiazole rings is 1. The Balaban J connectivity index is 1.59. The summed E-state index contributed by atoms with van der Waals surface area (Å²) in [7, 11) is 0. The van der Waals surface area contributed by atoms with Crippen molar-refractivity contribution in [3.05, 3.63) is 21.9 Å². The quantitative estimate of drug-likeness (QED) is 0.439. The van der Waals surface area contributed by atoms with E-state index in [2.05, 4.69) is 4.98 Å². The van der Waals surface area contributed by atoms with Gasteiger partial charge in [0.1, 0.15) is 11.6 Å². The van der Waals surface area contributed by atoms with Gasteiger partial charge >= 0.3 is 5.97 Å². The number of aliphatic hydroxyl groups is 2. The monoisotopic (exact) mass is 539 g/mol. The maximum Gasteiger partial charge on any atom is 0.309 e. The average molecular weight is 540 g/mol. The van der Waals surface area contributed by atoms with E-state index in [0.29, 0.717) is 31.4 Å². The molecular formula is C27H38FNO7S. The third-order valence-electron chi connectivity index (χ3n) is 8.35. The zero-order valence-electron chi connectivity index (χ0n) is 21.9. The van der Waals surface area contributed by atoms with Gasteiger partial charge in [0.2, 0.25) is 0 Å². The summed E-state index contributed by atoms with van der Waals surface area (Å²) >= 11 is 1.39. The van der Waals surface area contributed by atoms with E-state index >= 15 is 4.39 Å². The van der Waals surface area contributed by atoms with E-state index in [9.17, 15) is 19.8 Å². The number of cyclic esters (lactones) is 1. The molecule has 7 atom stereocenters. The maximum atomic E-state index is 15.4. The number of carbonyl (C=O) groups is 2. The summed E-state index contributed by atoms with van der Waals surface area (Å²) < 4.78 is 32.7. The summed E-state index contributed by atoms with van der Waals surface area (Å²) in [5.74, 6) is -2.42. The molecule has 0 amide bonds. The van der Waals surface area contributed by atoms with Crippen molar-refractivity contribution < 1.29 is 38.4 Å². The highest BCUT2D eigenvalue weighted by molar-refractivity contribution is 7.09. The van der Waals surface area contributed by atoms with Crippen LogP contribution in [-0.2, 0) is 23.8 Å². The van der Waals surface area contributed by atoms with Crippen molar-refractivity contribution in [2.45, 2.75) is 109 Å². The number of rotatable bonds is 3. The first kappa shape index (κ1) is 28.3. The van der Waals surface area contributed by atoms with Gasteiger partial charge in [-0.3, -0.25) is 9.59 Å². The van der Waals surface area contributed by atoms with Crippen LogP contribution in [0.4, 0.5) is 4.39 Å². The molecule has 0 bridgehead atoms. The fourth-order valence-corrected chi connectivity index (χ4v) is 6.16. The fraction of sp³-hybridized carbons (Fsp3) is 0.741. The molecule has 3 fully saturated rings. The lowest BCUT2D eigenvalue weighted by Crippen LogP contribution is -2.54. The van der Waals surface area contributed by atoms with Crippen LogP contribution in [0, 0.1) is 18.3 Å². The molecule has 0 unspecified atom stereocenters. The summed E-state index contributed by atoms with van der Waals surface area (Å²) in [5.41, 5.74) is -1.27. The van der Waals surface area contributed by atoms with Gasteiger partial charge in [0.05, 0.1) is 52.6 Å². The molecule has 206 valence electrons. The van der Waals surface area contributed by atoms with E-state index in [1.807, 2.05) is 20.8 Å². The molecule has 2 N–H and O–H groups in total. The minimum absolute atomic E-state index is 0.101. The van der Waals surface area contributed by atoms with Crippen LogP contribution in [0.2, 0.25) is 0 Å². The van der Waals surface area contributed by atoms with Crippen LogP contribution in [0.5, 0.6) is 0 Å². The van der Waals surface area contributed by atoms with Crippen molar-refractivity contribution in [2.24, 2.45) is 11.3 Å². The minimum Gasteiger partial charge on any atom is -0.455 e. The molecule has 1 aliphatic carbocycles. The Hall–Kier alpha value is -1.72. The Morgan fingerprint density at radius 2 is 2.03 bits per heavy atom. The summed E-state index contributed by atoms with van der Waals surface area (Å²) in [5, 5.41) is 24.6. The van der Waals surface area contributed by atoms with Crippen LogP contribution in [-0.4, -0.2) is 69.7 Å². The van der Waals surface area contributed by atoms with Crippen molar-refractivity contribution in [3.63, 3.8) is 0 Å². The second-order valence-corrected chi connectivity index (χ2v) is 11.9. The molecule has 3 aliphatic rings. The van der Waals surface area contributed by atoms with Gasteiger partial charge in [-0.25, -0.2) is 9.37 Å². The summed E-state index contributed by atoms with van der Waals surface area (Å²) in [6, 6.07) is 0. The Morgan fingerprint density at radius 1 is 1.30 bits per heavy atom. The topological polar surface area (TPSA) is 118 Å². The molecule has 2 aliphatic heterocycles. The number of fused-ring (bicyclic) bond motifs is 1. The predicted octanol–water partition coefficient (Wildman–Crippen LogP) is 3.91. The SMILES string of the molecule is CC[C@H]1C(=O)C2(CCC2)[C@@H](O)CC(=O)O[C@H](C(F)=Cc2csc(C)n2)C[C@@H]2O[C@]2(C)CCO[C@H](C)[C@H]1O. The van der Waals surface area contributed by atoms with Gasteiger partial charge in [-0.2, -0.15) is 0 Å². The zero-order valence-corrected chi connectivity index (χ0v) is 22.8. The first-order valence-electron chi connectivity index (χ1n) is 13.2. The van der Waals surface area contributed by atoms with E-state index in [4.69, 9.17) is 14.2 Å². The van der Waals surface area contributed by atoms with Crippen molar-refractivity contribution in [1.82, 2.24) is 4.98 Å². The molecule has 8 nitrogen and oxygen atoms in total. The van der Waals surface area contributed by atoms with E-state index in [-0.39, 0.29) is 24.9 Å². The lowest BCUT2D eigenvalue weighted by Gasteiger charge is -2.46. The molecule has 4 rings (SSSR count). The number of halogens is 1. The molecule has 1 aromatic heterocycles. The molecule has 37 heavy (non-hydrogen) atoms. The lowest BCUT2D eigenvalue weighted by molar-refractivity contribution is -0.164. The average Bonchev–Trinajstić information content (AvgIpc) is 3.24. The molecule has 1 saturated carbocycles. The van der Waals surface area contributed by atoms with Crippen LogP contribution in [0.3, 0.4) is 0 Å². The van der Waals surface area contributed by atoms with E-state index < -0.39 is 59.6 Å². The van der Waals surface area contributed by atoms with Crippen molar-refractivity contribution in [2.75, 3.05) is 6.61 Å². The zero-order chi connectivity index (χ0) is 27.0. The van der Waals surface area contributed by atoms with Crippen LogP contribution in [0.15, 0.2) is 11.2 Å². The predicted molar refractivity (Wildman–Crippen MR) is 135 cm³/mol. The van der Waals surface area contributed by atoms with Gasteiger partial charge in [0.25, 0.3) is 0 Å². The Labute approximate surface area is 221 Å². The van der Waals surface area contributed by atoms with Gasteiger partial charge in [-0.05, 0) is 46.1 Å². The van der Waals surface area contributed by atoms with Gasteiger partial charge < -0.3 is 24.4 Å². The Bertz CT molecular complexity index is 1020. The van der Waals surface area contributed by atoms with Crippen molar-refractivity contribution in [1.29, 1.82) is 0 Å². The van der Waals surface area contributed by atoms with E-state index in [1.54, 1.807) is 12.3 Å². The number of epoxide rings is 1. The largest absolute Gasteiger partial charge is 0.455 e. The number of ether oxygens (including phenoxy) is 3. The molecule has 0 aromatic carbocycles. The highest BCUT2D eigenvalue weighted by Crippen LogP contribution is 2.49. The summed E-state index contributed by atoms with van der Waals surface area (Å²) in [4.78, 5) is 30.8. The molecular weight excluding hydrogens is 501 g/mol. The second kappa shape index (κ2) is 11.2. The summed E-state index contributed by atoms with van der Waals surface area (Å²) in [6.07, 6.45) is -1.11. The Kier molecular flexibility index (Phi) is 8.55. The van der Waals surface area contributed by atoms with Crippen LogP contribution < -0.4 is 0 Å². The summed E-state index contributed by atoms with van der Waals surface area (Å²) in [6.45, 7) is 7.54. The lowest BCUT2D eigenvalue weighted by atomic mass is 9.58. The number of Topliss-reactive ketones (excluding diaryl/α,β-unsaturated/α-hetero) is 1. The standard InChI is InChI=1S/C27H38FNO7S/c1-5-18-24(32)15(2)34-10-9-26(4)22(36-26)12-20(19(28)11-17-14-37-16(3)29-17)35-23(31)13-21(30)27(25(18)33)7-6-8-27/h11,14-15,18,20-22,24,30,32H,5-10,12-13H2,1-4H3/t15-,18-,20+,21+,22+,24-,26-/m1/s1. The highest BCUT2D eigenvalue weighted by Gasteiger charge is 2.55. The number of carbonyl (C=O) groups excluding carboxylic acids is 2. The third kappa shape index (κ3) is 5.98. The molecule has 10 heteroatoms. The number of aromatic nitrogens is 1. The first-order valence-corrected chi connectivity index (χ1v) is 14.1. The van der Waals surface area contributed by atoms with Crippen molar-refractivity contribution in [3.8, 4) is 0 Å². The first-order chi connectivity index (χ1) is 17.5. The smallest absolute Gasteiger partial charge is 0.309 e. The molecule has 3 heterocycles. The minimum atomic E-state index is -1.29. The number of hydrogen-bond acceptors (Lipinski definition) is 9. The normalized spacial score (nSPS) is 37.5. The third-order valence-corrected chi connectivity index (χ3v) is 9.14. The van der Waals surface area contributed by atoms with E-state index in [0.717, 1.165) is 11.4 Å². The number of aliphatic hydroxyl groups excluding tert-OH is 2. The van der Waals surface area contributed by atoms with Crippen LogP contribution in [0.1, 0.15) is 76.4 Å². The second-order valence-electron chi connectivity index (χ2n) is 10.9. The molecule has 2 saturated heterocycles. The number of esters is 1. The van der Waals surface area contributed by atoms with Crippen LogP contribution >= 0.6 is 11.3 Å².